The van der Waals surface area contributed by atoms with E-state index in [0.717, 1.165) is 5.56 Å². The number of aryl methyl sites for hydroxylation is 1. The van der Waals surface area contributed by atoms with E-state index in [9.17, 15) is 9.59 Å². The molecule has 0 fully saturated rings. The third-order valence-electron chi connectivity index (χ3n) is 3.12. The van der Waals surface area contributed by atoms with Gasteiger partial charge in [0.15, 0.2) is 0 Å². The standard InChI is InChI=1S/C14H17N3O3/c1-3-9-7-17(14(19)16-13(9)18)8-10-4-5-11(15)6-12(10)20-2/h4-7H,3,8,15H2,1-2H3,(H,16,18,19). The fourth-order valence-corrected chi connectivity index (χ4v) is 2.00. The van der Waals surface area contributed by atoms with E-state index < -0.39 is 5.69 Å². The number of aromatic amines is 1. The van der Waals surface area contributed by atoms with Gasteiger partial charge in [-0.15, -0.1) is 0 Å². The summed E-state index contributed by atoms with van der Waals surface area (Å²) in [5, 5.41) is 0. The molecule has 0 aliphatic rings. The van der Waals surface area contributed by atoms with Crippen LogP contribution < -0.4 is 21.7 Å². The van der Waals surface area contributed by atoms with Crippen LogP contribution in [0.4, 0.5) is 5.69 Å². The van der Waals surface area contributed by atoms with Crippen molar-refractivity contribution in [2.24, 2.45) is 0 Å². The predicted molar refractivity (Wildman–Crippen MR) is 77.2 cm³/mol. The highest BCUT2D eigenvalue weighted by atomic mass is 16.5. The molecular formula is C14H17N3O3. The number of methoxy groups -OCH3 is 1. The lowest BCUT2D eigenvalue weighted by atomic mass is 10.1. The van der Waals surface area contributed by atoms with Gasteiger partial charge in [0.1, 0.15) is 5.75 Å². The van der Waals surface area contributed by atoms with Crippen molar-refractivity contribution < 1.29 is 4.74 Å². The SMILES string of the molecule is CCc1cn(Cc2ccc(N)cc2OC)c(=O)[nH]c1=O. The number of nitrogen functional groups attached to an aromatic ring is 1. The van der Waals surface area contributed by atoms with Crippen LogP contribution in [-0.4, -0.2) is 16.7 Å². The molecule has 106 valence electrons. The number of ether oxygens (including phenoxy) is 1. The van der Waals surface area contributed by atoms with Gasteiger partial charge in [-0.2, -0.15) is 0 Å². The Morgan fingerprint density at radius 3 is 2.70 bits per heavy atom. The summed E-state index contributed by atoms with van der Waals surface area (Å²) in [5.74, 6) is 0.612. The Kier molecular flexibility index (Phi) is 3.93. The first-order valence-electron chi connectivity index (χ1n) is 6.30. The van der Waals surface area contributed by atoms with Crippen LogP contribution in [0.25, 0.3) is 0 Å². The van der Waals surface area contributed by atoms with Gasteiger partial charge in [0.05, 0.1) is 13.7 Å². The van der Waals surface area contributed by atoms with Crippen LogP contribution in [0, 0.1) is 0 Å². The maximum atomic E-state index is 11.8. The van der Waals surface area contributed by atoms with Crippen LogP contribution in [0.3, 0.4) is 0 Å². The first-order chi connectivity index (χ1) is 9.55. The van der Waals surface area contributed by atoms with E-state index in [0.29, 0.717) is 30.0 Å². The summed E-state index contributed by atoms with van der Waals surface area (Å²) in [7, 11) is 1.55. The van der Waals surface area contributed by atoms with Crippen LogP contribution in [0.5, 0.6) is 5.75 Å². The van der Waals surface area contributed by atoms with Crippen molar-refractivity contribution in [3.63, 3.8) is 0 Å². The smallest absolute Gasteiger partial charge is 0.328 e. The van der Waals surface area contributed by atoms with Gasteiger partial charge in [-0.05, 0) is 12.5 Å². The molecule has 6 heteroatoms. The van der Waals surface area contributed by atoms with Crippen molar-refractivity contribution in [2.75, 3.05) is 12.8 Å². The molecule has 1 heterocycles. The first-order valence-corrected chi connectivity index (χ1v) is 6.30. The Labute approximate surface area is 115 Å². The Bertz CT molecular complexity index is 731. The molecule has 0 spiro atoms. The third kappa shape index (κ3) is 2.74. The molecule has 20 heavy (non-hydrogen) atoms. The van der Waals surface area contributed by atoms with Crippen molar-refractivity contribution in [3.05, 3.63) is 56.4 Å². The number of nitrogens with two attached hydrogens (primary N) is 1. The summed E-state index contributed by atoms with van der Waals surface area (Å²) in [6.07, 6.45) is 2.14. The zero-order valence-corrected chi connectivity index (χ0v) is 11.5. The summed E-state index contributed by atoms with van der Waals surface area (Å²) in [6.45, 7) is 2.18. The molecule has 0 radical (unpaired) electrons. The molecule has 0 aliphatic carbocycles. The fraction of sp³-hybridized carbons (Fsp3) is 0.286. The van der Waals surface area contributed by atoms with E-state index in [1.165, 1.54) is 4.57 Å². The van der Waals surface area contributed by atoms with Gasteiger partial charge < -0.3 is 10.5 Å². The van der Waals surface area contributed by atoms with Gasteiger partial charge in [-0.25, -0.2) is 4.79 Å². The second-order valence-corrected chi connectivity index (χ2v) is 4.47. The molecule has 0 atom stereocenters. The topological polar surface area (TPSA) is 90.1 Å². The van der Waals surface area contributed by atoms with E-state index in [-0.39, 0.29) is 5.56 Å². The molecular weight excluding hydrogens is 258 g/mol. The van der Waals surface area contributed by atoms with Crippen molar-refractivity contribution >= 4 is 5.69 Å². The lowest BCUT2D eigenvalue weighted by Crippen LogP contribution is -2.31. The highest BCUT2D eigenvalue weighted by Crippen LogP contribution is 2.21. The number of benzene rings is 1. The number of anilines is 1. The van der Waals surface area contributed by atoms with Crippen LogP contribution in [-0.2, 0) is 13.0 Å². The number of nitrogens with one attached hydrogen (secondary N) is 1. The van der Waals surface area contributed by atoms with Gasteiger partial charge in [0, 0.05) is 29.1 Å². The summed E-state index contributed by atoms with van der Waals surface area (Å²) in [6, 6.07) is 5.25. The van der Waals surface area contributed by atoms with E-state index >= 15 is 0 Å². The van der Waals surface area contributed by atoms with Crippen LogP contribution >= 0.6 is 0 Å². The predicted octanol–water partition coefficient (Wildman–Crippen LogP) is 0.738. The molecule has 3 N–H and O–H groups in total. The maximum absolute atomic E-state index is 11.8. The second-order valence-electron chi connectivity index (χ2n) is 4.47. The summed E-state index contributed by atoms with van der Waals surface area (Å²) in [5.41, 5.74) is 6.90. The van der Waals surface area contributed by atoms with Gasteiger partial charge in [0.25, 0.3) is 5.56 Å². The number of rotatable bonds is 4. The van der Waals surface area contributed by atoms with Crippen molar-refractivity contribution in [1.29, 1.82) is 0 Å². The van der Waals surface area contributed by atoms with Crippen LogP contribution in [0.15, 0.2) is 34.0 Å². The molecule has 2 rings (SSSR count). The average Bonchev–Trinajstić information content (AvgIpc) is 2.43. The lowest BCUT2D eigenvalue weighted by molar-refractivity contribution is 0.408. The minimum atomic E-state index is -0.439. The Hall–Kier alpha value is -2.50. The summed E-state index contributed by atoms with van der Waals surface area (Å²) in [4.78, 5) is 25.7. The number of hydrogen-bond acceptors (Lipinski definition) is 4. The zero-order valence-electron chi connectivity index (χ0n) is 11.5. The van der Waals surface area contributed by atoms with Gasteiger partial charge in [-0.1, -0.05) is 13.0 Å². The molecule has 1 aromatic heterocycles. The lowest BCUT2D eigenvalue weighted by Gasteiger charge is -2.11. The highest BCUT2D eigenvalue weighted by molar-refractivity contribution is 5.48. The van der Waals surface area contributed by atoms with E-state index in [1.54, 1.807) is 31.5 Å². The average molecular weight is 275 g/mol. The molecule has 6 nitrogen and oxygen atoms in total. The van der Waals surface area contributed by atoms with Crippen LogP contribution in [0.2, 0.25) is 0 Å². The maximum Gasteiger partial charge on any atom is 0.328 e. The molecule has 0 aliphatic heterocycles. The van der Waals surface area contributed by atoms with Gasteiger partial charge >= 0.3 is 5.69 Å². The van der Waals surface area contributed by atoms with Crippen molar-refractivity contribution in [3.8, 4) is 5.75 Å². The Balaban J connectivity index is 2.45. The minimum absolute atomic E-state index is 0.312. The molecule has 0 bridgehead atoms. The molecule has 0 amide bonds. The first kappa shape index (κ1) is 13.9. The Morgan fingerprint density at radius 2 is 2.05 bits per heavy atom. The minimum Gasteiger partial charge on any atom is -0.496 e. The second kappa shape index (κ2) is 5.64. The molecule has 0 saturated heterocycles. The van der Waals surface area contributed by atoms with Crippen molar-refractivity contribution in [1.82, 2.24) is 9.55 Å². The quantitative estimate of drug-likeness (QED) is 0.805. The summed E-state index contributed by atoms with van der Waals surface area (Å²) >= 11 is 0. The highest BCUT2D eigenvalue weighted by Gasteiger charge is 2.08. The summed E-state index contributed by atoms with van der Waals surface area (Å²) < 4.78 is 6.70. The third-order valence-corrected chi connectivity index (χ3v) is 3.12. The normalized spacial score (nSPS) is 10.5. The molecule has 1 aromatic carbocycles. The largest absolute Gasteiger partial charge is 0.496 e. The number of hydrogen-bond donors (Lipinski definition) is 2. The molecule has 0 saturated carbocycles. The Morgan fingerprint density at radius 1 is 1.30 bits per heavy atom. The van der Waals surface area contributed by atoms with E-state index in [2.05, 4.69) is 4.98 Å². The van der Waals surface area contributed by atoms with E-state index in [1.807, 2.05) is 6.92 Å². The molecule has 2 aromatic rings. The molecule has 0 unspecified atom stereocenters. The van der Waals surface area contributed by atoms with Gasteiger partial charge in [-0.3, -0.25) is 14.3 Å². The number of aromatic nitrogens is 2. The van der Waals surface area contributed by atoms with Crippen molar-refractivity contribution in [2.45, 2.75) is 19.9 Å². The van der Waals surface area contributed by atoms with Crippen LogP contribution in [0.1, 0.15) is 18.1 Å². The number of nitrogens with zero attached hydrogens (tertiary/aromatic N) is 1. The van der Waals surface area contributed by atoms with Gasteiger partial charge in [0.2, 0.25) is 0 Å². The van der Waals surface area contributed by atoms with E-state index in [4.69, 9.17) is 10.5 Å². The zero-order chi connectivity index (χ0) is 14.7. The fourth-order valence-electron chi connectivity index (χ4n) is 2.00. The monoisotopic (exact) mass is 275 g/mol. The number of H-pyrrole nitrogens is 1.